The molecule has 1 aliphatic rings. The van der Waals surface area contributed by atoms with Crippen LogP contribution in [0.25, 0.3) is 0 Å². The van der Waals surface area contributed by atoms with Crippen LogP contribution in [0.4, 0.5) is 0 Å². The van der Waals surface area contributed by atoms with Gasteiger partial charge in [0.15, 0.2) is 0 Å². The van der Waals surface area contributed by atoms with Gasteiger partial charge in [-0.25, -0.2) is 4.98 Å². The number of nitrogens with one attached hydrogen (secondary N) is 2. The molecule has 2 aromatic heterocycles. The van der Waals surface area contributed by atoms with Crippen LogP contribution in [0.3, 0.4) is 0 Å². The van der Waals surface area contributed by atoms with Gasteiger partial charge in [-0.3, -0.25) is 9.69 Å². The van der Waals surface area contributed by atoms with E-state index in [1.807, 2.05) is 6.92 Å². The molecule has 0 aliphatic carbocycles. The van der Waals surface area contributed by atoms with E-state index in [1.54, 1.807) is 29.7 Å². The van der Waals surface area contributed by atoms with Crippen LogP contribution in [-0.2, 0) is 6.54 Å². The number of hydrogen-bond donors (Lipinski definition) is 3. The van der Waals surface area contributed by atoms with Gasteiger partial charge >= 0.3 is 0 Å². The van der Waals surface area contributed by atoms with Crippen LogP contribution in [0.5, 0.6) is 0 Å². The van der Waals surface area contributed by atoms with Crippen molar-refractivity contribution >= 4 is 17.2 Å². The minimum absolute atomic E-state index is 0.169. The molecule has 1 aliphatic heterocycles. The van der Waals surface area contributed by atoms with Crippen LogP contribution in [0.1, 0.15) is 27.6 Å². The summed E-state index contributed by atoms with van der Waals surface area (Å²) in [6.07, 6.45) is 1.88. The van der Waals surface area contributed by atoms with Gasteiger partial charge in [0.25, 0.3) is 5.91 Å². The molecule has 3 rings (SSSR count). The van der Waals surface area contributed by atoms with Crippen molar-refractivity contribution in [2.24, 2.45) is 0 Å². The van der Waals surface area contributed by atoms with Crippen molar-refractivity contribution < 1.29 is 9.90 Å². The van der Waals surface area contributed by atoms with Crippen molar-refractivity contribution in [3.8, 4) is 0 Å². The maximum absolute atomic E-state index is 12.0. The Balaban J connectivity index is 1.52. The van der Waals surface area contributed by atoms with Crippen molar-refractivity contribution in [1.29, 1.82) is 0 Å². The zero-order valence-corrected chi connectivity index (χ0v) is 13.3. The standard InChI is InChI=1S/C15H20N4O2S/c1-10-17-11(9-22-10)7-19-6-4-12(14(20)8-19)18-15(21)13-3-2-5-16-13/h2-3,5,9,12,14,16,20H,4,6-8H2,1H3,(H,18,21)/t12-,14-/m1/s1. The summed E-state index contributed by atoms with van der Waals surface area (Å²) in [4.78, 5) is 21.5. The van der Waals surface area contributed by atoms with Crippen molar-refractivity contribution in [1.82, 2.24) is 20.2 Å². The number of aromatic amines is 1. The summed E-state index contributed by atoms with van der Waals surface area (Å²) in [5.41, 5.74) is 1.57. The first-order valence-corrected chi connectivity index (χ1v) is 8.25. The molecule has 1 saturated heterocycles. The number of piperidine rings is 1. The second-order valence-electron chi connectivity index (χ2n) is 5.61. The number of carbonyl (C=O) groups is 1. The highest BCUT2D eigenvalue weighted by Crippen LogP contribution is 2.16. The molecule has 0 radical (unpaired) electrons. The second kappa shape index (κ2) is 6.60. The lowest BCUT2D eigenvalue weighted by atomic mass is 10.0. The van der Waals surface area contributed by atoms with E-state index in [4.69, 9.17) is 0 Å². The lowest BCUT2D eigenvalue weighted by Crippen LogP contribution is -2.53. The Morgan fingerprint density at radius 3 is 3.14 bits per heavy atom. The molecule has 118 valence electrons. The van der Waals surface area contributed by atoms with Gasteiger partial charge < -0.3 is 15.4 Å². The molecule has 2 atom stereocenters. The number of amides is 1. The Morgan fingerprint density at radius 1 is 1.64 bits per heavy atom. The number of β-amino-alcohol motifs (C(OH)–C–C–N with tert-alkyl or cyclic N) is 1. The maximum Gasteiger partial charge on any atom is 0.267 e. The summed E-state index contributed by atoms with van der Waals surface area (Å²) in [5.74, 6) is -0.169. The number of thiazole rings is 1. The molecule has 0 aromatic carbocycles. The Bertz CT molecular complexity index is 625. The normalized spacial score (nSPS) is 22.6. The molecule has 3 heterocycles. The summed E-state index contributed by atoms with van der Waals surface area (Å²) in [6, 6.07) is 3.30. The number of aliphatic hydroxyl groups is 1. The van der Waals surface area contributed by atoms with Gasteiger partial charge in [-0.2, -0.15) is 0 Å². The summed E-state index contributed by atoms with van der Waals surface area (Å²) in [5, 5.41) is 16.3. The zero-order chi connectivity index (χ0) is 15.5. The van der Waals surface area contributed by atoms with Gasteiger partial charge in [0.05, 0.1) is 22.8 Å². The molecular weight excluding hydrogens is 300 g/mol. The molecule has 0 bridgehead atoms. The molecule has 0 saturated carbocycles. The molecule has 0 unspecified atom stereocenters. The highest BCUT2D eigenvalue weighted by Gasteiger charge is 2.29. The summed E-state index contributed by atoms with van der Waals surface area (Å²) in [7, 11) is 0. The van der Waals surface area contributed by atoms with Gasteiger partial charge in [-0.15, -0.1) is 11.3 Å². The van der Waals surface area contributed by atoms with Crippen molar-refractivity contribution in [2.75, 3.05) is 13.1 Å². The van der Waals surface area contributed by atoms with Crippen molar-refractivity contribution in [3.05, 3.63) is 40.1 Å². The van der Waals surface area contributed by atoms with Crippen LogP contribution in [0, 0.1) is 6.92 Å². The van der Waals surface area contributed by atoms with Crippen molar-refractivity contribution in [2.45, 2.75) is 32.0 Å². The topological polar surface area (TPSA) is 81.2 Å². The summed E-state index contributed by atoms with van der Waals surface area (Å²) >= 11 is 1.64. The van der Waals surface area contributed by atoms with E-state index < -0.39 is 6.10 Å². The predicted molar refractivity (Wildman–Crippen MR) is 84.8 cm³/mol. The monoisotopic (exact) mass is 320 g/mol. The van der Waals surface area contributed by atoms with Crippen molar-refractivity contribution in [3.63, 3.8) is 0 Å². The Morgan fingerprint density at radius 2 is 2.50 bits per heavy atom. The molecular formula is C15H20N4O2S. The lowest BCUT2D eigenvalue weighted by molar-refractivity contribution is 0.0345. The van der Waals surface area contributed by atoms with E-state index in [2.05, 4.69) is 25.6 Å². The minimum Gasteiger partial charge on any atom is -0.390 e. The first-order chi connectivity index (χ1) is 10.6. The van der Waals surface area contributed by atoms with Gasteiger partial charge in [0, 0.05) is 31.2 Å². The van der Waals surface area contributed by atoms with E-state index in [9.17, 15) is 9.90 Å². The molecule has 2 aromatic rings. The average Bonchev–Trinajstić information content (AvgIpc) is 3.13. The zero-order valence-electron chi connectivity index (χ0n) is 12.5. The first kappa shape index (κ1) is 15.2. The van der Waals surface area contributed by atoms with E-state index in [1.165, 1.54) is 0 Å². The highest BCUT2D eigenvalue weighted by molar-refractivity contribution is 7.09. The number of hydrogen-bond acceptors (Lipinski definition) is 5. The second-order valence-corrected chi connectivity index (χ2v) is 6.67. The number of H-pyrrole nitrogens is 1. The molecule has 7 heteroatoms. The van der Waals surface area contributed by atoms with Crippen LogP contribution >= 0.6 is 11.3 Å². The first-order valence-electron chi connectivity index (χ1n) is 7.37. The highest BCUT2D eigenvalue weighted by atomic mass is 32.1. The molecule has 1 fully saturated rings. The van der Waals surface area contributed by atoms with Gasteiger partial charge in [0.1, 0.15) is 5.69 Å². The molecule has 3 N–H and O–H groups in total. The molecule has 6 nitrogen and oxygen atoms in total. The molecule has 22 heavy (non-hydrogen) atoms. The fraction of sp³-hybridized carbons (Fsp3) is 0.467. The molecule has 1 amide bonds. The molecule has 0 spiro atoms. The summed E-state index contributed by atoms with van der Waals surface area (Å²) < 4.78 is 0. The number of likely N-dealkylation sites (tertiary alicyclic amines) is 1. The average molecular weight is 320 g/mol. The third kappa shape index (κ3) is 3.55. The Hall–Kier alpha value is -1.70. The quantitative estimate of drug-likeness (QED) is 0.789. The number of nitrogens with zero attached hydrogens (tertiary/aromatic N) is 2. The van der Waals surface area contributed by atoms with Crippen LogP contribution in [0.2, 0.25) is 0 Å². The number of aryl methyl sites for hydroxylation is 1. The Kier molecular flexibility index (Phi) is 4.56. The lowest BCUT2D eigenvalue weighted by Gasteiger charge is -2.35. The number of rotatable bonds is 4. The third-order valence-electron chi connectivity index (χ3n) is 3.88. The van der Waals surface area contributed by atoms with E-state index in [0.29, 0.717) is 12.2 Å². The number of aromatic nitrogens is 2. The van der Waals surface area contributed by atoms with Crippen LogP contribution < -0.4 is 5.32 Å². The fourth-order valence-corrected chi connectivity index (χ4v) is 3.34. The smallest absolute Gasteiger partial charge is 0.267 e. The SMILES string of the molecule is Cc1nc(CN2CC[C@@H](NC(=O)c3ccc[nH]3)[C@H](O)C2)cs1. The van der Waals surface area contributed by atoms with Crippen LogP contribution in [-0.4, -0.2) is 51.1 Å². The predicted octanol–water partition coefficient (Wildman–Crippen LogP) is 1.14. The van der Waals surface area contributed by atoms with E-state index >= 15 is 0 Å². The maximum atomic E-state index is 12.0. The largest absolute Gasteiger partial charge is 0.390 e. The third-order valence-corrected chi connectivity index (χ3v) is 4.70. The van der Waals surface area contributed by atoms with E-state index in [-0.39, 0.29) is 11.9 Å². The van der Waals surface area contributed by atoms with Crippen LogP contribution in [0.15, 0.2) is 23.7 Å². The summed E-state index contributed by atoms with van der Waals surface area (Å²) in [6.45, 7) is 4.12. The van der Waals surface area contributed by atoms with E-state index in [0.717, 1.165) is 30.2 Å². The number of aliphatic hydroxyl groups excluding tert-OH is 1. The van der Waals surface area contributed by atoms with Gasteiger partial charge in [-0.1, -0.05) is 0 Å². The van der Waals surface area contributed by atoms with Gasteiger partial charge in [-0.05, 0) is 25.5 Å². The fourth-order valence-electron chi connectivity index (χ4n) is 2.74. The van der Waals surface area contributed by atoms with Gasteiger partial charge in [0.2, 0.25) is 0 Å². The number of carbonyl (C=O) groups excluding carboxylic acids is 1. The Labute approximate surface area is 133 Å². The minimum atomic E-state index is -0.563.